The van der Waals surface area contributed by atoms with Crippen molar-refractivity contribution in [2.45, 2.75) is 103 Å². The van der Waals surface area contributed by atoms with E-state index in [0.717, 1.165) is 43.1 Å². The topological polar surface area (TPSA) is 115 Å². The van der Waals surface area contributed by atoms with Crippen LogP contribution in [0, 0.1) is 11.8 Å². The van der Waals surface area contributed by atoms with E-state index in [0.29, 0.717) is 0 Å². The molecule has 1 aromatic rings. The second kappa shape index (κ2) is 14.2. The third-order valence-electron chi connectivity index (χ3n) is 7.05. The van der Waals surface area contributed by atoms with E-state index in [1.807, 2.05) is 30.3 Å². The third kappa shape index (κ3) is 10.6. The molecule has 0 saturated heterocycles. The molecular formula is C28H43N3O6. The number of amides is 2. The molecule has 0 aliphatic heterocycles. The highest BCUT2D eigenvalue weighted by molar-refractivity contribution is 5.82. The van der Waals surface area contributed by atoms with Gasteiger partial charge in [-0.05, 0) is 63.9 Å². The lowest BCUT2D eigenvalue weighted by Gasteiger charge is -2.35. The fourth-order valence-electron chi connectivity index (χ4n) is 5.13. The minimum absolute atomic E-state index is 0.0785. The van der Waals surface area contributed by atoms with Crippen molar-refractivity contribution in [3.8, 4) is 0 Å². The van der Waals surface area contributed by atoms with Crippen molar-refractivity contribution >= 4 is 18.2 Å². The van der Waals surface area contributed by atoms with Gasteiger partial charge in [0.2, 0.25) is 0 Å². The quantitative estimate of drug-likeness (QED) is 0.312. The Morgan fingerprint density at radius 3 is 2.19 bits per heavy atom. The molecule has 1 aromatic carbocycles. The van der Waals surface area contributed by atoms with E-state index in [4.69, 9.17) is 14.3 Å². The van der Waals surface area contributed by atoms with E-state index < -0.39 is 29.8 Å². The largest absolute Gasteiger partial charge is 0.445 e. The summed E-state index contributed by atoms with van der Waals surface area (Å²) in [5, 5.41) is 5.02. The van der Waals surface area contributed by atoms with E-state index in [9.17, 15) is 14.4 Å². The lowest BCUT2D eigenvalue weighted by molar-refractivity contribution is -0.156. The Balaban J connectivity index is 1.46. The Labute approximate surface area is 220 Å². The Bertz CT molecular complexity index is 858. The molecule has 0 radical (unpaired) electrons. The molecule has 0 bridgehead atoms. The SMILES string of the molecule is CC(C)(C)OC(=O)N[C@H](CNC(=O)OCc1ccccc1)C(=O)ONC1CCC(C2CCCCC2)CC1. The van der Waals surface area contributed by atoms with Crippen molar-refractivity contribution in [3.63, 3.8) is 0 Å². The summed E-state index contributed by atoms with van der Waals surface area (Å²) in [5.74, 6) is 0.901. The molecule has 2 aliphatic rings. The van der Waals surface area contributed by atoms with Crippen LogP contribution >= 0.6 is 0 Å². The summed E-state index contributed by atoms with van der Waals surface area (Å²) >= 11 is 0. The number of ether oxygens (including phenoxy) is 2. The predicted octanol–water partition coefficient (Wildman–Crippen LogP) is 4.99. The van der Waals surface area contributed by atoms with Crippen LogP contribution in [0.1, 0.15) is 84.1 Å². The highest BCUT2D eigenvalue weighted by atomic mass is 16.7. The maximum absolute atomic E-state index is 12.8. The number of alkyl carbamates (subject to hydrolysis) is 2. The average Bonchev–Trinajstić information content (AvgIpc) is 2.89. The Morgan fingerprint density at radius 1 is 0.892 bits per heavy atom. The molecule has 2 fully saturated rings. The van der Waals surface area contributed by atoms with E-state index >= 15 is 0 Å². The lowest BCUT2D eigenvalue weighted by Crippen LogP contribution is -2.52. The number of hydrogen-bond acceptors (Lipinski definition) is 7. The summed E-state index contributed by atoms with van der Waals surface area (Å²) in [4.78, 5) is 42.7. The highest BCUT2D eigenvalue weighted by Crippen LogP contribution is 2.38. The predicted molar refractivity (Wildman–Crippen MR) is 139 cm³/mol. The normalized spacial score (nSPS) is 21.4. The fraction of sp³-hybridized carbons (Fsp3) is 0.679. The molecular weight excluding hydrogens is 474 g/mol. The molecule has 37 heavy (non-hydrogen) atoms. The minimum Gasteiger partial charge on any atom is -0.445 e. The van der Waals surface area contributed by atoms with Gasteiger partial charge in [0.15, 0.2) is 0 Å². The van der Waals surface area contributed by atoms with E-state index in [1.165, 1.54) is 32.1 Å². The van der Waals surface area contributed by atoms with Crippen molar-refractivity contribution < 1.29 is 28.7 Å². The summed E-state index contributed by atoms with van der Waals surface area (Å²) in [6.07, 6.45) is 9.42. The number of nitrogens with one attached hydrogen (secondary N) is 3. The van der Waals surface area contributed by atoms with Crippen molar-refractivity contribution in [1.82, 2.24) is 16.1 Å². The fourth-order valence-corrected chi connectivity index (χ4v) is 5.13. The van der Waals surface area contributed by atoms with Gasteiger partial charge >= 0.3 is 18.2 Å². The number of hydrogen-bond donors (Lipinski definition) is 3. The number of benzene rings is 1. The summed E-state index contributed by atoms with van der Waals surface area (Å²) in [6, 6.07) is 8.18. The van der Waals surface area contributed by atoms with Gasteiger partial charge in [0.25, 0.3) is 0 Å². The summed E-state index contributed by atoms with van der Waals surface area (Å²) in [5.41, 5.74) is 2.99. The zero-order chi connectivity index (χ0) is 26.7. The molecule has 9 heteroatoms. The summed E-state index contributed by atoms with van der Waals surface area (Å²) < 4.78 is 10.5. The second-order valence-corrected chi connectivity index (χ2v) is 11.2. The van der Waals surface area contributed by atoms with Crippen molar-refractivity contribution in [2.75, 3.05) is 6.54 Å². The molecule has 0 aromatic heterocycles. The van der Waals surface area contributed by atoms with Gasteiger partial charge in [-0.3, -0.25) is 0 Å². The molecule has 2 aliphatic carbocycles. The van der Waals surface area contributed by atoms with Crippen LogP contribution in [0.3, 0.4) is 0 Å². The number of rotatable bonds is 9. The van der Waals surface area contributed by atoms with Gasteiger partial charge < -0.3 is 24.9 Å². The van der Waals surface area contributed by atoms with Gasteiger partial charge in [0.05, 0.1) is 6.54 Å². The first kappa shape index (κ1) is 28.8. The second-order valence-electron chi connectivity index (χ2n) is 11.2. The van der Waals surface area contributed by atoms with Gasteiger partial charge in [-0.25, -0.2) is 14.4 Å². The average molecular weight is 518 g/mol. The lowest BCUT2D eigenvalue weighted by atomic mass is 9.72. The minimum atomic E-state index is -1.15. The van der Waals surface area contributed by atoms with Crippen LogP contribution in [0.5, 0.6) is 0 Å². The Hall–Kier alpha value is -2.81. The van der Waals surface area contributed by atoms with Crippen LogP contribution in [-0.2, 0) is 25.7 Å². The Kier molecular flexibility index (Phi) is 11.0. The van der Waals surface area contributed by atoms with Crippen LogP contribution in [0.4, 0.5) is 9.59 Å². The number of carbonyl (C=O) groups is 3. The van der Waals surface area contributed by atoms with Gasteiger partial charge in [0, 0.05) is 6.04 Å². The molecule has 0 spiro atoms. The van der Waals surface area contributed by atoms with Gasteiger partial charge in [-0.2, -0.15) is 0 Å². The van der Waals surface area contributed by atoms with Crippen molar-refractivity contribution in [3.05, 3.63) is 35.9 Å². The first-order valence-corrected chi connectivity index (χ1v) is 13.6. The maximum Gasteiger partial charge on any atom is 0.408 e. The molecule has 2 amide bonds. The van der Waals surface area contributed by atoms with Crippen LogP contribution in [0.25, 0.3) is 0 Å². The molecule has 1 atom stereocenters. The van der Waals surface area contributed by atoms with Crippen LogP contribution in [-0.4, -0.2) is 42.4 Å². The summed E-state index contributed by atoms with van der Waals surface area (Å²) in [6.45, 7) is 5.06. The van der Waals surface area contributed by atoms with Crippen LogP contribution in [0.15, 0.2) is 30.3 Å². The standard InChI is InChI=1S/C28H43N3O6/c1-28(2,3)36-27(34)30-24(18-29-26(33)35-19-20-10-6-4-7-11-20)25(32)37-31-23-16-14-22(15-17-23)21-12-8-5-9-13-21/h4,6-7,10-11,21-24,31H,5,8-9,12-19H2,1-3H3,(H,29,33)(H,30,34)/t22?,23?,24-/m1/s1. The third-order valence-corrected chi connectivity index (χ3v) is 7.05. The first-order valence-electron chi connectivity index (χ1n) is 13.6. The molecule has 0 heterocycles. The maximum atomic E-state index is 12.8. The zero-order valence-electron chi connectivity index (χ0n) is 22.4. The van der Waals surface area contributed by atoms with Crippen molar-refractivity contribution in [1.29, 1.82) is 0 Å². The Morgan fingerprint density at radius 2 is 1.54 bits per heavy atom. The molecule has 3 rings (SSSR count). The van der Waals surface area contributed by atoms with Gasteiger partial charge in [0.1, 0.15) is 18.2 Å². The van der Waals surface area contributed by atoms with Crippen molar-refractivity contribution in [2.24, 2.45) is 11.8 Å². The first-order chi connectivity index (χ1) is 17.7. The van der Waals surface area contributed by atoms with Crippen LogP contribution < -0.4 is 16.1 Å². The molecule has 9 nitrogen and oxygen atoms in total. The molecule has 3 N–H and O–H groups in total. The van der Waals surface area contributed by atoms with Gasteiger partial charge in [-0.1, -0.05) is 62.4 Å². The zero-order valence-corrected chi connectivity index (χ0v) is 22.4. The monoisotopic (exact) mass is 517 g/mol. The summed E-state index contributed by atoms with van der Waals surface area (Å²) in [7, 11) is 0. The number of hydroxylamine groups is 1. The van der Waals surface area contributed by atoms with Crippen LogP contribution in [0.2, 0.25) is 0 Å². The molecule has 206 valence electrons. The van der Waals surface area contributed by atoms with E-state index in [2.05, 4.69) is 16.1 Å². The highest BCUT2D eigenvalue weighted by Gasteiger charge is 2.31. The van der Waals surface area contributed by atoms with E-state index in [1.54, 1.807) is 20.8 Å². The van der Waals surface area contributed by atoms with Gasteiger partial charge in [-0.15, -0.1) is 5.48 Å². The number of carbonyl (C=O) groups excluding carboxylic acids is 3. The molecule has 0 unspecified atom stereocenters. The van der Waals surface area contributed by atoms with E-state index in [-0.39, 0.29) is 19.2 Å². The molecule has 2 saturated carbocycles. The smallest absolute Gasteiger partial charge is 0.408 e.